The van der Waals surface area contributed by atoms with E-state index in [1.807, 2.05) is 38.1 Å². The number of unbranched alkanes of at least 4 members (excludes halogenated alkanes) is 1. The predicted octanol–water partition coefficient (Wildman–Crippen LogP) is 3.53. The second-order valence-electron chi connectivity index (χ2n) is 7.02. The van der Waals surface area contributed by atoms with Gasteiger partial charge in [0.25, 0.3) is 0 Å². The van der Waals surface area contributed by atoms with Crippen molar-refractivity contribution in [2.45, 2.75) is 65.8 Å². The summed E-state index contributed by atoms with van der Waals surface area (Å²) in [6, 6.07) is 8.51. The first kappa shape index (κ1) is 21.5. The number of nitrogens with zero attached hydrogens (tertiary/aromatic N) is 1. The van der Waals surface area contributed by atoms with Crippen LogP contribution in [0, 0.1) is 0 Å². The minimum atomic E-state index is -0.114. The molecule has 0 saturated carbocycles. The Hall–Kier alpha value is -1.59. The Bertz CT molecular complexity index is 503. The lowest BCUT2D eigenvalue weighted by atomic mass is 10.1. The van der Waals surface area contributed by atoms with Crippen molar-refractivity contribution in [2.24, 2.45) is 0 Å². The molecule has 25 heavy (non-hydrogen) atoms. The average Bonchev–Trinajstić information content (AvgIpc) is 2.58. The summed E-state index contributed by atoms with van der Waals surface area (Å²) in [5.74, 6) is 0. The van der Waals surface area contributed by atoms with Crippen molar-refractivity contribution in [3.8, 4) is 0 Å². The highest BCUT2D eigenvalue weighted by Gasteiger charge is 2.06. The van der Waals surface area contributed by atoms with Gasteiger partial charge in [0.05, 0.1) is 12.7 Å². The Morgan fingerprint density at radius 1 is 1.08 bits per heavy atom. The van der Waals surface area contributed by atoms with Gasteiger partial charge in [-0.15, -0.1) is 0 Å². The normalized spacial score (nSPS) is 11.4. The van der Waals surface area contributed by atoms with Crippen LogP contribution in [0.4, 0.5) is 4.79 Å². The summed E-state index contributed by atoms with van der Waals surface area (Å²) < 4.78 is 5.67. The fourth-order valence-corrected chi connectivity index (χ4v) is 2.31. The van der Waals surface area contributed by atoms with E-state index >= 15 is 0 Å². The third-order valence-corrected chi connectivity index (χ3v) is 4.23. The van der Waals surface area contributed by atoms with Gasteiger partial charge >= 0.3 is 6.03 Å². The van der Waals surface area contributed by atoms with Crippen LogP contribution < -0.4 is 10.6 Å². The zero-order valence-electron chi connectivity index (χ0n) is 16.5. The number of carbonyl (C=O) groups is 1. The molecule has 0 aromatic heterocycles. The van der Waals surface area contributed by atoms with E-state index in [2.05, 4.69) is 36.4 Å². The summed E-state index contributed by atoms with van der Waals surface area (Å²) in [4.78, 5) is 14.3. The van der Waals surface area contributed by atoms with E-state index in [1.165, 1.54) is 0 Å². The van der Waals surface area contributed by atoms with E-state index in [1.54, 1.807) is 0 Å². The molecule has 0 spiro atoms. The maximum absolute atomic E-state index is 11.9. The smallest absolute Gasteiger partial charge is 0.315 e. The van der Waals surface area contributed by atoms with Gasteiger partial charge in [-0.05, 0) is 65.3 Å². The van der Waals surface area contributed by atoms with Gasteiger partial charge in [0.1, 0.15) is 0 Å². The molecule has 0 aliphatic rings. The Balaban J connectivity index is 2.26. The number of carbonyl (C=O) groups excluding carboxylic acids is 1. The van der Waals surface area contributed by atoms with Crippen molar-refractivity contribution >= 4 is 6.03 Å². The number of urea groups is 1. The van der Waals surface area contributed by atoms with Crippen LogP contribution in [-0.4, -0.2) is 43.2 Å². The standard InChI is InChI=1S/C20H35N3O2/c1-16(2)23(5)13-9-8-12-21-20(24)22-14-18-10-6-7-11-19(18)15-25-17(3)4/h6-7,10-11,16-17H,8-9,12-15H2,1-5H3,(H2,21,22,24). The number of hydrogen-bond acceptors (Lipinski definition) is 3. The van der Waals surface area contributed by atoms with E-state index in [4.69, 9.17) is 4.74 Å². The molecule has 142 valence electrons. The predicted molar refractivity (Wildman–Crippen MR) is 104 cm³/mol. The van der Waals surface area contributed by atoms with Crippen LogP contribution in [-0.2, 0) is 17.9 Å². The van der Waals surface area contributed by atoms with Gasteiger partial charge in [0, 0.05) is 19.1 Å². The molecule has 1 aromatic rings. The van der Waals surface area contributed by atoms with Crippen molar-refractivity contribution in [3.63, 3.8) is 0 Å². The number of benzene rings is 1. The van der Waals surface area contributed by atoms with Crippen LogP contribution in [0.15, 0.2) is 24.3 Å². The zero-order chi connectivity index (χ0) is 18.7. The molecule has 0 fully saturated rings. The van der Waals surface area contributed by atoms with Crippen LogP contribution in [0.2, 0.25) is 0 Å². The maximum atomic E-state index is 11.9. The SMILES string of the molecule is CC(C)OCc1ccccc1CNC(=O)NCCCCN(C)C(C)C. The number of hydrogen-bond donors (Lipinski definition) is 2. The highest BCUT2D eigenvalue weighted by Crippen LogP contribution is 2.11. The van der Waals surface area contributed by atoms with Gasteiger partial charge < -0.3 is 20.3 Å². The molecular weight excluding hydrogens is 314 g/mol. The van der Waals surface area contributed by atoms with Gasteiger partial charge in [-0.1, -0.05) is 24.3 Å². The molecule has 0 bridgehead atoms. The molecule has 0 aliphatic heterocycles. The van der Waals surface area contributed by atoms with Crippen molar-refractivity contribution < 1.29 is 9.53 Å². The van der Waals surface area contributed by atoms with E-state index in [0.29, 0.717) is 25.7 Å². The first-order chi connectivity index (χ1) is 11.9. The van der Waals surface area contributed by atoms with E-state index < -0.39 is 0 Å². The lowest BCUT2D eigenvalue weighted by molar-refractivity contribution is 0.0652. The lowest BCUT2D eigenvalue weighted by Gasteiger charge is -2.20. The van der Waals surface area contributed by atoms with Crippen LogP contribution in [0.1, 0.15) is 51.7 Å². The average molecular weight is 350 g/mol. The molecular formula is C20H35N3O2. The molecule has 5 heteroatoms. The summed E-state index contributed by atoms with van der Waals surface area (Å²) >= 11 is 0. The molecule has 0 aliphatic carbocycles. The summed E-state index contributed by atoms with van der Waals surface area (Å²) in [6.45, 7) is 11.3. The van der Waals surface area contributed by atoms with Gasteiger partial charge in [-0.25, -0.2) is 4.79 Å². The second-order valence-corrected chi connectivity index (χ2v) is 7.02. The maximum Gasteiger partial charge on any atom is 0.315 e. The van der Waals surface area contributed by atoms with Crippen molar-refractivity contribution in [1.82, 2.24) is 15.5 Å². The first-order valence-corrected chi connectivity index (χ1v) is 9.30. The molecule has 0 saturated heterocycles. The topological polar surface area (TPSA) is 53.6 Å². The van der Waals surface area contributed by atoms with Crippen molar-refractivity contribution in [3.05, 3.63) is 35.4 Å². The monoisotopic (exact) mass is 349 g/mol. The number of nitrogens with one attached hydrogen (secondary N) is 2. The summed E-state index contributed by atoms with van der Waals surface area (Å²) in [6.07, 6.45) is 2.27. The number of rotatable bonds is 11. The first-order valence-electron chi connectivity index (χ1n) is 9.30. The third-order valence-electron chi connectivity index (χ3n) is 4.23. The van der Waals surface area contributed by atoms with Gasteiger partial charge in [-0.2, -0.15) is 0 Å². The summed E-state index contributed by atoms with van der Waals surface area (Å²) in [7, 11) is 2.13. The zero-order valence-corrected chi connectivity index (χ0v) is 16.5. The second kappa shape index (κ2) is 11.9. The minimum Gasteiger partial charge on any atom is -0.374 e. The van der Waals surface area contributed by atoms with Gasteiger partial charge in [0.15, 0.2) is 0 Å². The van der Waals surface area contributed by atoms with Gasteiger partial charge in [-0.3, -0.25) is 0 Å². The molecule has 1 rings (SSSR count). The largest absolute Gasteiger partial charge is 0.374 e. The van der Waals surface area contributed by atoms with E-state index in [9.17, 15) is 4.79 Å². The molecule has 5 nitrogen and oxygen atoms in total. The van der Waals surface area contributed by atoms with Crippen LogP contribution in [0.5, 0.6) is 0 Å². The fraction of sp³-hybridized carbons (Fsp3) is 0.650. The summed E-state index contributed by atoms with van der Waals surface area (Å²) in [5.41, 5.74) is 2.21. The molecule has 0 heterocycles. The van der Waals surface area contributed by atoms with E-state index in [-0.39, 0.29) is 12.1 Å². The molecule has 1 aromatic carbocycles. The molecule has 0 unspecified atom stereocenters. The lowest BCUT2D eigenvalue weighted by Crippen LogP contribution is -2.36. The van der Waals surface area contributed by atoms with Crippen LogP contribution >= 0.6 is 0 Å². The quantitative estimate of drug-likeness (QED) is 0.601. The fourth-order valence-electron chi connectivity index (χ4n) is 2.31. The van der Waals surface area contributed by atoms with Crippen molar-refractivity contribution in [2.75, 3.05) is 20.1 Å². The van der Waals surface area contributed by atoms with E-state index in [0.717, 1.165) is 30.5 Å². The highest BCUT2D eigenvalue weighted by atomic mass is 16.5. The van der Waals surface area contributed by atoms with Crippen LogP contribution in [0.3, 0.4) is 0 Å². The Kier molecular flexibility index (Phi) is 10.2. The molecule has 2 amide bonds. The molecule has 0 radical (unpaired) electrons. The minimum absolute atomic E-state index is 0.114. The Morgan fingerprint density at radius 3 is 2.40 bits per heavy atom. The number of ether oxygens (including phenoxy) is 1. The van der Waals surface area contributed by atoms with Gasteiger partial charge in [0.2, 0.25) is 0 Å². The summed E-state index contributed by atoms with van der Waals surface area (Å²) in [5, 5.41) is 5.85. The highest BCUT2D eigenvalue weighted by molar-refractivity contribution is 5.73. The molecule has 2 N–H and O–H groups in total. The third kappa shape index (κ3) is 9.46. The molecule has 0 atom stereocenters. The van der Waals surface area contributed by atoms with Crippen molar-refractivity contribution in [1.29, 1.82) is 0 Å². The number of amides is 2. The van der Waals surface area contributed by atoms with Crippen LogP contribution in [0.25, 0.3) is 0 Å². The Labute approximate surface area is 153 Å². The Morgan fingerprint density at radius 2 is 1.76 bits per heavy atom.